The Bertz CT molecular complexity index is 1160. The van der Waals surface area contributed by atoms with Crippen LogP contribution >= 0.6 is 27.3 Å². The zero-order valence-corrected chi connectivity index (χ0v) is 18.0. The molecule has 0 atom stereocenters. The summed E-state index contributed by atoms with van der Waals surface area (Å²) >= 11 is 0.103. The number of thiophene rings is 1. The standard InChI is InChI=1S/C18H13AsBrN3O3S/c20-13-5-1-11(2-6-13)15-9-27-18-16(15)17(21-10-22-18)23-14-7-3-12(4-8-14)19(24,25)26/h1-10H,(H,21,22,23)(H2,24,25,26). The summed E-state index contributed by atoms with van der Waals surface area (Å²) < 4.78 is 31.0. The van der Waals surface area contributed by atoms with Crippen LogP contribution < -0.4 is 9.67 Å². The summed E-state index contributed by atoms with van der Waals surface area (Å²) in [6.45, 7) is 0. The van der Waals surface area contributed by atoms with E-state index >= 15 is 0 Å². The molecule has 3 N–H and O–H groups in total. The van der Waals surface area contributed by atoms with Crippen molar-refractivity contribution < 1.29 is 11.9 Å². The van der Waals surface area contributed by atoms with Gasteiger partial charge in [0.2, 0.25) is 0 Å². The predicted octanol–water partition coefficient (Wildman–Crippen LogP) is 3.43. The first-order chi connectivity index (χ1) is 12.9. The van der Waals surface area contributed by atoms with Gasteiger partial charge in [0.1, 0.15) is 0 Å². The molecule has 0 fully saturated rings. The number of fused-ring (bicyclic) bond motifs is 1. The molecule has 0 saturated heterocycles. The van der Waals surface area contributed by atoms with E-state index in [1.165, 1.54) is 18.5 Å². The van der Waals surface area contributed by atoms with Crippen LogP contribution in [0.1, 0.15) is 0 Å². The minimum absolute atomic E-state index is 0.0394. The van der Waals surface area contributed by atoms with Gasteiger partial charge in [-0.25, -0.2) is 0 Å². The second-order valence-corrected chi connectivity index (χ2v) is 10.9. The third-order valence-electron chi connectivity index (χ3n) is 3.99. The Kier molecular flexibility index (Phi) is 4.92. The van der Waals surface area contributed by atoms with Crippen molar-refractivity contribution in [3.05, 3.63) is 64.7 Å². The van der Waals surface area contributed by atoms with Gasteiger partial charge in [0.05, 0.1) is 0 Å². The zero-order chi connectivity index (χ0) is 19.0. The maximum absolute atomic E-state index is 11.4. The van der Waals surface area contributed by atoms with E-state index in [4.69, 9.17) is 0 Å². The van der Waals surface area contributed by atoms with Gasteiger partial charge < -0.3 is 0 Å². The van der Waals surface area contributed by atoms with Crippen molar-refractivity contribution in [1.82, 2.24) is 9.97 Å². The van der Waals surface area contributed by atoms with Gasteiger partial charge in [0.15, 0.2) is 0 Å². The molecule has 6 nitrogen and oxygen atoms in total. The number of aromatic nitrogens is 2. The third-order valence-corrected chi connectivity index (χ3v) is 7.44. The monoisotopic (exact) mass is 505 g/mol. The van der Waals surface area contributed by atoms with E-state index in [2.05, 4.69) is 31.2 Å². The first-order valence-corrected chi connectivity index (χ1v) is 12.9. The third kappa shape index (κ3) is 3.85. The van der Waals surface area contributed by atoms with Crippen LogP contribution in [0.5, 0.6) is 0 Å². The van der Waals surface area contributed by atoms with Crippen molar-refractivity contribution in [2.75, 3.05) is 5.32 Å². The summed E-state index contributed by atoms with van der Waals surface area (Å²) in [7, 11) is 0. The normalized spacial score (nSPS) is 11.7. The first kappa shape index (κ1) is 18.4. The fourth-order valence-corrected chi connectivity index (χ4v) is 5.00. The van der Waals surface area contributed by atoms with Gasteiger partial charge in [-0.2, -0.15) is 0 Å². The molecular formula is C18H13AsBrN3O3S. The summed E-state index contributed by atoms with van der Waals surface area (Å²) in [4.78, 5) is 9.59. The average Bonchev–Trinajstić information content (AvgIpc) is 3.07. The van der Waals surface area contributed by atoms with Crippen LogP contribution in [0.25, 0.3) is 21.3 Å². The van der Waals surface area contributed by atoms with Crippen LogP contribution in [-0.2, 0) is 3.74 Å². The van der Waals surface area contributed by atoms with Crippen LogP contribution in [0.3, 0.4) is 0 Å². The molecule has 0 unspecified atom stereocenters. The van der Waals surface area contributed by atoms with Crippen molar-refractivity contribution >= 4 is 67.5 Å². The number of rotatable bonds is 4. The number of halogens is 1. The average molecular weight is 506 g/mol. The fourth-order valence-electron chi connectivity index (χ4n) is 2.69. The van der Waals surface area contributed by atoms with Gasteiger partial charge in [-0.15, -0.1) is 0 Å². The summed E-state index contributed by atoms with van der Waals surface area (Å²) in [6.07, 6.45) is 1.50. The van der Waals surface area contributed by atoms with E-state index in [-0.39, 0.29) is 4.35 Å². The van der Waals surface area contributed by atoms with E-state index in [1.54, 1.807) is 23.5 Å². The molecule has 2 aromatic heterocycles. The fraction of sp³-hybridized carbons (Fsp3) is 0. The minimum atomic E-state index is -4.89. The van der Waals surface area contributed by atoms with Gasteiger partial charge in [-0.05, 0) is 0 Å². The van der Waals surface area contributed by atoms with E-state index < -0.39 is 14.2 Å². The Morgan fingerprint density at radius 2 is 1.70 bits per heavy atom. The number of hydrogen-bond acceptors (Lipinski definition) is 5. The molecule has 2 aromatic carbocycles. The number of nitrogens with one attached hydrogen (secondary N) is 1. The van der Waals surface area contributed by atoms with Gasteiger partial charge >= 0.3 is 155 Å². The molecule has 0 saturated carbocycles. The second kappa shape index (κ2) is 7.22. The van der Waals surface area contributed by atoms with Crippen LogP contribution in [0, 0.1) is 0 Å². The number of nitrogens with zero attached hydrogens (tertiary/aromatic N) is 2. The van der Waals surface area contributed by atoms with Crippen molar-refractivity contribution in [2.45, 2.75) is 0 Å². The Balaban J connectivity index is 1.75. The van der Waals surface area contributed by atoms with E-state index in [0.717, 1.165) is 25.8 Å². The molecule has 0 aliphatic carbocycles. The molecule has 27 heavy (non-hydrogen) atoms. The Morgan fingerprint density at radius 3 is 2.37 bits per heavy atom. The van der Waals surface area contributed by atoms with E-state index in [1.807, 2.05) is 29.6 Å². The van der Waals surface area contributed by atoms with Crippen molar-refractivity contribution in [2.24, 2.45) is 0 Å². The molecule has 4 aromatic rings. The molecule has 0 radical (unpaired) electrons. The summed E-state index contributed by atoms with van der Waals surface area (Å²) in [5.41, 5.74) is 2.78. The molecule has 0 spiro atoms. The van der Waals surface area contributed by atoms with Crippen molar-refractivity contribution in [1.29, 1.82) is 0 Å². The topological polar surface area (TPSA) is 95.3 Å². The first-order valence-electron chi connectivity index (χ1n) is 7.83. The molecule has 4 rings (SSSR count). The Labute approximate surface area is 170 Å². The number of hydrogen-bond donors (Lipinski definition) is 3. The van der Waals surface area contributed by atoms with Gasteiger partial charge in [-0.3, -0.25) is 0 Å². The zero-order valence-electron chi connectivity index (χ0n) is 13.7. The molecule has 0 amide bonds. The molecule has 0 aliphatic rings. The van der Waals surface area contributed by atoms with Crippen LogP contribution in [0.4, 0.5) is 11.5 Å². The van der Waals surface area contributed by atoms with Gasteiger partial charge in [0, 0.05) is 0 Å². The SMILES string of the molecule is O=[As](O)(O)c1ccc(Nc2ncnc3scc(-c4ccc(Br)cc4)c23)cc1. The van der Waals surface area contributed by atoms with E-state index in [0.29, 0.717) is 11.5 Å². The summed E-state index contributed by atoms with van der Waals surface area (Å²) in [5.74, 6) is 0.647. The molecule has 0 aliphatic heterocycles. The summed E-state index contributed by atoms with van der Waals surface area (Å²) in [6, 6.07) is 14.2. The van der Waals surface area contributed by atoms with Crippen LogP contribution in [0.15, 0.2) is 64.7 Å². The van der Waals surface area contributed by atoms with Gasteiger partial charge in [0.25, 0.3) is 0 Å². The predicted molar refractivity (Wildman–Crippen MR) is 111 cm³/mol. The maximum atomic E-state index is 11.4. The quantitative estimate of drug-likeness (QED) is 0.368. The number of benzene rings is 2. The van der Waals surface area contributed by atoms with Gasteiger partial charge in [-0.1, -0.05) is 15.9 Å². The van der Waals surface area contributed by atoms with Crippen molar-refractivity contribution in [3.63, 3.8) is 0 Å². The number of anilines is 2. The Morgan fingerprint density at radius 1 is 1.00 bits per heavy atom. The van der Waals surface area contributed by atoms with E-state index in [9.17, 15) is 11.9 Å². The van der Waals surface area contributed by atoms with Crippen molar-refractivity contribution in [3.8, 4) is 11.1 Å². The molecular weight excluding hydrogens is 493 g/mol. The molecule has 136 valence electrons. The van der Waals surface area contributed by atoms with Crippen LogP contribution in [0.2, 0.25) is 0 Å². The summed E-state index contributed by atoms with van der Waals surface area (Å²) in [5, 5.41) is 6.19. The molecule has 9 heteroatoms. The molecule has 2 heterocycles. The van der Waals surface area contributed by atoms with Crippen LogP contribution in [-0.4, -0.2) is 32.3 Å². The second-order valence-electron chi connectivity index (χ2n) is 5.77. The molecule has 0 bridgehead atoms. The Hall–Kier alpha value is -1.96.